The average molecular weight is 293 g/mol. The number of benzene rings is 1. The molecule has 0 saturated carbocycles. The van der Waals surface area contributed by atoms with Crippen LogP contribution >= 0.6 is 0 Å². The van der Waals surface area contributed by atoms with Gasteiger partial charge in [0.15, 0.2) is 0 Å². The third kappa shape index (κ3) is 6.95. The number of nitrogens with one attached hydrogen (secondary N) is 3. The van der Waals surface area contributed by atoms with Gasteiger partial charge < -0.3 is 21.1 Å². The normalized spacial score (nSPS) is 11.3. The summed E-state index contributed by atoms with van der Waals surface area (Å²) < 4.78 is 0. The zero-order valence-corrected chi connectivity index (χ0v) is 11.8. The lowest BCUT2D eigenvalue weighted by Gasteiger charge is -2.15. The summed E-state index contributed by atoms with van der Waals surface area (Å²) in [5, 5.41) is 16.5. The van der Waals surface area contributed by atoms with Gasteiger partial charge in [-0.25, -0.2) is 9.59 Å². The molecule has 0 spiro atoms. The van der Waals surface area contributed by atoms with Crippen LogP contribution in [-0.2, 0) is 16.0 Å². The van der Waals surface area contributed by atoms with Crippen LogP contribution in [0.5, 0.6) is 0 Å². The molecule has 114 valence electrons. The molecule has 0 radical (unpaired) electrons. The number of carbonyl (C=O) groups is 3. The van der Waals surface area contributed by atoms with E-state index in [2.05, 4.69) is 16.0 Å². The van der Waals surface area contributed by atoms with Crippen molar-refractivity contribution in [3.8, 4) is 0 Å². The van der Waals surface area contributed by atoms with E-state index in [1.54, 1.807) is 12.1 Å². The van der Waals surface area contributed by atoms with Crippen molar-refractivity contribution < 1.29 is 19.5 Å². The molecule has 7 nitrogen and oxygen atoms in total. The van der Waals surface area contributed by atoms with Gasteiger partial charge in [-0.05, 0) is 5.56 Å². The van der Waals surface area contributed by atoms with E-state index in [0.717, 1.165) is 5.56 Å². The number of hydrogen-bond acceptors (Lipinski definition) is 3. The van der Waals surface area contributed by atoms with Crippen LogP contribution in [0.3, 0.4) is 0 Å². The van der Waals surface area contributed by atoms with Crippen LogP contribution in [0.2, 0.25) is 0 Å². The first-order valence-corrected chi connectivity index (χ1v) is 6.54. The summed E-state index contributed by atoms with van der Waals surface area (Å²) >= 11 is 0. The van der Waals surface area contributed by atoms with E-state index >= 15 is 0 Å². The highest BCUT2D eigenvalue weighted by atomic mass is 16.4. The van der Waals surface area contributed by atoms with Crippen LogP contribution < -0.4 is 16.0 Å². The predicted molar refractivity (Wildman–Crippen MR) is 76.8 cm³/mol. The maximum Gasteiger partial charge on any atom is 0.326 e. The highest BCUT2D eigenvalue weighted by molar-refractivity contribution is 5.82. The Balaban J connectivity index is 2.41. The second-order valence-electron chi connectivity index (χ2n) is 4.46. The van der Waals surface area contributed by atoms with E-state index in [0.29, 0.717) is 6.54 Å². The SMILES string of the molecule is CC(=O)NCCNC(=O)N[C@H](Cc1ccccc1)C(=O)O. The number of urea groups is 1. The minimum Gasteiger partial charge on any atom is -0.480 e. The third-order valence-corrected chi connectivity index (χ3v) is 2.67. The van der Waals surface area contributed by atoms with Gasteiger partial charge >= 0.3 is 12.0 Å². The van der Waals surface area contributed by atoms with Gasteiger partial charge in [0, 0.05) is 26.4 Å². The van der Waals surface area contributed by atoms with Crippen molar-refractivity contribution in [3.05, 3.63) is 35.9 Å². The van der Waals surface area contributed by atoms with Crippen LogP contribution in [0, 0.1) is 0 Å². The fourth-order valence-electron chi connectivity index (χ4n) is 1.67. The number of amides is 3. The van der Waals surface area contributed by atoms with Crippen molar-refractivity contribution in [2.24, 2.45) is 0 Å². The molecule has 0 aliphatic rings. The molecule has 0 aliphatic heterocycles. The minimum absolute atomic E-state index is 0.190. The lowest BCUT2D eigenvalue weighted by atomic mass is 10.1. The highest BCUT2D eigenvalue weighted by Crippen LogP contribution is 2.03. The number of hydrogen-bond donors (Lipinski definition) is 4. The smallest absolute Gasteiger partial charge is 0.326 e. The van der Waals surface area contributed by atoms with Crippen LogP contribution in [-0.4, -0.2) is 42.1 Å². The Morgan fingerprint density at radius 3 is 2.29 bits per heavy atom. The summed E-state index contributed by atoms with van der Waals surface area (Å²) in [6.45, 7) is 1.89. The Kier molecular flexibility index (Phi) is 6.73. The van der Waals surface area contributed by atoms with Gasteiger partial charge in [-0.3, -0.25) is 4.79 Å². The lowest BCUT2D eigenvalue weighted by molar-refractivity contribution is -0.139. The number of carboxylic acids is 1. The molecule has 0 saturated heterocycles. The number of carbonyl (C=O) groups excluding carboxylic acids is 2. The second-order valence-corrected chi connectivity index (χ2v) is 4.46. The molecule has 3 amide bonds. The molecule has 21 heavy (non-hydrogen) atoms. The molecule has 1 atom stereocenters. The van der Waals surface area contributed by atoms with Gasteiger partial charge in [0.25, 0.3) is 0 Å². The number of carboxylic acid groups (broad SMARTS) is 1. The van der Waals surface area contributed by atoms with Crippen molar-refractivity contribution in [2.45, 2.75) is 19.4 Å². The maximum atomic E-state index is 11.6. The van der Waals surface area contributed by atoms with E-state index in [1.165, 1.54) is 6.92 Å². The van der Waals surface area contributed by atoms with Gasteiger partial charge in [-0.1, -0.05) is 30.3 Å². The summed E-state index contributed by atoms with van der Waals surface area (Å²) in [5.41, 5.74) is 0.823. The summed E-state index contributed by atoms with van der Waals surface area (Å²) in [6, 6.07) is 7.46. The van der Waals surface area contributed by atoms with Crippen molar-refractivity contribution >= 4 is 17.9 Å². The van der Waals surface area contributed by atoms with Gasteiger partial charge in [-0.2, -0.15) is 0 Å². The number of rotatable bonds is 7. The van der Waals surface area contributed by atoms with Crippen molar-refractivity contribution in [1.82, 2.24) is 16.0 Å². The Morgan fingerprint density at radius 1 is 1.10 bits per heavy atom. The monoisotopic (exact) mass is 293 g/mol. The van der Waals surface area contributed by atoms with E-state index in [-0.39, 0.29) is 18.9 Å². The molecule has 0 fully saturated rings. The van der Waals surface area contributed by atoms with E-state index in [1.807, 2.05) is 18.2 Å². The molecule has 1 rings (SSSR count). The zero-order valence-electron chi connectivity index (χ0n) is 11.8. The summed E-state index contributed by atoms with van der Waals surface area (Å²) in [6.07, 6.45) is 0.204. The molecular formula is C14H19N3O4. The molecule has 0 unspecified atom stereocenters. The molecule has 1 aromatic rings. The molecule has 0 aromatic heterocycles. The standard InChI is InChI=1S/C14H19N3O4/c1-10(18)15-7-8-16-14(21)17-12(13(19)20)9-11-5-3-2-4-6-11/h2-6,12H,7-9H2,1H3,(H,15,18)(H,19,20)(H2,16,17,21)/t12-/m1/s1. The van der Waals surface area contributed by atoms with Crippen LogP contribution in [0.1, 0.15) is 12.5 Å². The van der Waals surface area contributed by atoms with Gasteiger partial charge in [0.1, 0.15) is 6.04 Å². The Hall–Kier alpha value is -2.57. The first-order chi connectivity index (χ1) is 9.99. The minimum atomic E-state index is -1.10. The maximum absolute atomic E-state index is 11.6. The summed E-state index contributed by atoms with van der Waals surface area (Å²) in [4.78, 5) is 33.4. The first-order valence-electron chi connectivity index (χ1n) is 6.54. The first kappa shape index (κ1) is 16.5. The lowest BCUT2D eigenvalue weighted by Crippen LogP contribution is -2.48. The molecule has 0 heterocycles. The highest BCUT2D eigenvalue weighted by Gasteiger charge is 2.19. The molecule has 0 bridgehead atoms. The van der Waals surface area contributed by atoms with Crippen LogP contribution in [0.4, 0.5) is 4.79 Å². The fourth-order valence-corrected chi connectivity index (χ4v) is 1.67. The molecule has 1 aromatic carbocycles. The van der Waals surface area contributed by atoms with E-state index < -0.39 is 18.0 Å². The van der Waals surface area contributed by atoms with Crippen molar-refractivity contribution in [1.29, 1.82) is 0 Å². The third-order valence-electron chi connectivity index (χ3n) is 2.67. The largest absolute Gasteiger partial charge is 0.480 e. The summed E-state index contributed by atoms with van der Waals surface area (Å²) in [5.74, 6) is -1.29. The van der Waals surface area contributed by atoms with Crippen LogP contribution in [0.25, 0.3) is 0 Å². The zero-order chi connectivity index (χ0) is 15.7. The van der Waals surface area contributed by atoms with E-state index in [9.17, 15) is 14.4 Å². The topological polar surface area (TPSA) is 108 Å². The van der Waals surface area contributed by atoms with Gasteiger partial charge in [-0.15, -0.1) is 0 Å². The molecular weight excluding hydrogens is 274 g/mol. The molecule has 4 N–H and O–H groups in total. The van der Waals surface area contributed by atoms with Crippen LogP contribution in [0.15, 0.2) is 30.3 Å². The van der Waals surface area contributed by atoms with Crippen molar-refractivity contribution in [3.63, 3.8) is 0 Å². The fraction of sp³-hybridized carbons (Fsp3) is 0.357. The van der Waals surface area contributed by atoms with Gasteiger partial charge in [0.2, 0.25) is 5.91 Å². The Labute approximate surface area is 122 Å². The van der Waals surface area contributed by atoms with Crippen molar-refractivity contribution in [2.75, 3.05) is 13.1 Å². The molecule has 0 aliphatic carbocycles. The predicted octanol–water partition coefficient (Wildman–Crippen LogP) is 0.118. The quantitative estimate of drug-likeness (QED) is 0.535. The van der Waals surface area contributed by atoms with Gasteiger partial charge in [0.05, 0.1) is 0 Å². The molecule has 7 heteroatoms. The average Bonchev–Trinajstić information content (AvgIpc) is 2.44. The second kappa shape index (κ2) is 8.57. The number of aliphatic carboxylic acids is 1. The Bertz CT molecular complexity index is 490. The van der Waals surface area contributed by atoms with E-state index in [4.69, 9.17) is 5.11 Å². The summed E-state index contributed by atoms with van der Waals surface area (Å²) in [7, 11) is 0. The Morgan fingerprint density at radius 2 is 1.71 bits per heavy atom.